The standard InChI is InChI=1S/C12H15NO4/c1-8-4-5-10(7-13-8)11(17-9(2)14)6-12(15)16-3/h4-5,7,11H,6H2,1-3H3. The van der Waals surface area contributed by atoms with Crippen molar-refractivity contribution < 1.29 is 19.1 Å². The van der Waals surface area contributed by atoms with Crippen molar-refractivity contribution in [1.82, 2.24) is 4.98 Å². The Morgan fingerprint density at radius 3 is 2.59 bits per heavy atom. The van der Waals surface area contributed by atoms with Gasteiger partial charge in [-0.2, -0.15) is 0 Å². The molecule has 0 saturated carbocycles. The van der Waals surface area contributed by atoms with Crippen LogP contribution in [0, 0.1) is 6.92 Å². The lowest BCUT2D eigenvalue weighted by atomic mass is 10.1. The highest BCUT2D eigenvalue weighted by Gasteiger charge is 2.19. The normalized spacial score (nSPS) is 11.7. The molecule has 1 rings (SSSR count). The number of nitrogens with zero attached hydrogens (tertiary/aromatic N) is 1. The molecule has 1 atom stereocenters. The summed E-state index contributed by atoms with van der Waals surface area (Å²) in [5.41, 5.74) is 1.53. The fourth-order valence-electron chi connectivity index (χ4n) is 1.33. The summed E-state index contributed by atoms with van der Waals surface area (Å²) in [6, 6.07) is 3.57. The molecular weight excluding hydrogens is 222 g/mol. The lowest BCUT2D eigenvalue weighted by molar-refractivity contribution is -0.152. The molecule has 0 fully saturated rings. The van der Waals surface area contributed by atoms with E-state index in [0.717, 1.165) is 5.69 Å². The molecule has 5 nitrogen and oxygen atoms in total. The smallest absolute Gasteiger partial charge is 0.309 e. The van der Waals surface area contributed by atoms with Crippen LogP contribution in [0.25, 0.3) is 0 Å². The first-order valence-electron chi connectivity index (χ1n) is 5.19. The van der Waals surface area contributed by atoms with Gasteiger partial charge in [0.15, 0.2) is 0 Å². The quantitative estimate of drug-likeness (QED) is 0.743. The van der Waals surface area contributed by atoms with Gasteiger partial charge in [-0.25, -0.2) is 0 Å². The number of aromatic nitrogens is 1. The number of hydrogen-bond acceptors (Lipinski definition) is 5. The van der Waals surface area contributed by atoms with Crippen LogP contribution in [0.3, 0.4) is 0 Å². The fraction of sp³-hybridized carbons (Fsp3) is 0.417. The number of hydrogen-bond donors (Lipinski definition) is 0. The van der Waals surface area contributed by atoms with Gasteiger partial charge in [-0.15, -0.1) is 0 Å². The maximum atomic E-state index is 11.2. The number of rotatable bonds is 4. The molecule has 0 aliphatic heterocycles. The number of methoxy groups -OCH3 is 1. The van der Waals surface area contributed by atoms with E-state index in [2.05, 4.69) is 9.72 Å². The van der Waals surface area contributed by atoms with Crippen molar-refractivity contribution in [2.24, 2.45) is 0 Å². The van der Waals surface area contributed by atoms with Crippen LogP contribution in [0.15, 0.2) is 18.3 Å². The SMILES string of the molecule is COC(=O)CC(OC(C)=O)c1ccc(C)nc1. The van der Waals surface area contributed by atoms with Crippen molar-refractivity contribution in [2.75, 3.05) is 7.11 Å². The van der Waals surface area contributed by atoms with Crippen LogP contribution in [-0.4, -0.2) is 24.0 Å². The second-order valence-corrected chi connectivity index (χ2v) is 3.61. The summed E-state index contributed by atoms with van der Waals surface area (Å²) < 4.78 is 9.63. The van der Waals surface area contributed by atoms with E-state index in [1.54, 1.807) is 18.3 Å². The maximum Gasteiger partial charge on any atom is 0.309 e. The third-order valence-corrected chi connectivity index (χ3v) is 2.19. The number of carbonyl (C=O) groups is 2. The van der Waals surface area contributed by atoms with E-state index in [1.165, 1.54) is 14.0 Å². The lowest BCUT2D eigenvalue weighted by Crippen LogP contribution is -2.14. The highest BCUT2D eigenvalue weighted by molar-refractivity contribution is 5.71. The molecule has 1 aromatic rings. The molecule has 0 aliphatic carbocycles. The van der Waals surface area contributed by atoms with Crippen LogP contribution in [0.4, 0.5) is 0 Å². The second-order valence-electron chi connectivity index (χ2n) is 3.61. The number of pyridine rings is 1. The Kier molecular flexibility index (Phi) is 4.63. The van der Waals surface area contributed by atoms with Crippen molar-refractivity contribution in [1.29, 1.82) is 0 Å². The summed E-state index contributed by atoms with van der Waals surface area (Å²) in [4.78, 5) is 26.3. The molecule has 0 spiro atoms. The fourth-order valence-corrected chi connectivity index (χ4v) is 1.33. The van der Waals surface area contributed by atoms with Crippen molar-refractivity contribution in [3.8, 4) is 0 Å². The summed E-state index contributed by atoms with van der Waals surface area (Å²) in [7, 11) is 1.29. The van der Waals surface area contributed by atoms with E-state index in [-0.39, 0.29) is 6.42 Å². The Labute approximate surface area is 99.8 Å². The predicted molar refractivity (Wildman–Crippen MR) is 60.1 cm³/mol. The maximum absolute atomic E-state index is 11.2. The lowest BCUT2D eigenvalue weighted by Gasteiger charge is -2.15. The van der Waals surface area contributed by atoms with Gasteiger partial charge < -0.3 is 9.47 Å². The molecule has 0 aliphatic rings. The van der Waals surface area contributed by atoms with Crippen LogP contribution >= 0.6 is 0 Å². The Morgan fingerprint density at radius 2 is 2.12 bits per heavy atom. The molecule has 0 saturated heterocycles. The van der Waals surface area contributed by atoms with E-state index < -0.39 is 18.0 Å². The minimum Gasteiger partial charge on any atom is -0.469 e. The van der Waals surface area contributed by atoms with Crippen molar-refractivity contribution in [3.05, 3.63) is 29.6 Å². The van der Waals surface area contributed by atoms with Crippen LogP contribution in [-0.2, 0) is 19.1 Å². The number of ether oxygens (including phenoxy) is 2. The monoisotopic (exact) mass is 237 g/mol. The van der Waals surface area contributed by atoms with Gasteiger partial charge in [0.1, 0.15) is 6.10 Å². The molecule has 0 radical (unpaired) electrons. The largest absolute Gasteiger partial charge is 0.469 e. The van der Waals surface area contributed by atoms with Crippen LogP contribution in [0.5, 0.6) is 0 Å². The number of esters is 2. The van der Waals surface area contributed by atoms with Crippen LogP contribution in [0.1, 0.15) is 30.7 Å². The Balaban J connectivity index is 2.85. The van der Waals surface area contributed by atoms with Crippen molar-refractivity contribution in [3.63, 3.8) is 0 Å². The van der Waals surface area contributed by atoms with Gasteiger partial charge in [0.25, 0.3) is 0 Å². The second kappa shape index (κ2) is 5.98. The average Bonchev–Trinajstić information content (AvgIpc) is 2.28. The summed E-state index contributed by atoms with van der Waals surface area (Å²) in [6.07, 6.45) is 0.931. The molecule has 1 aromatic heterocycles. The van der Waals surface area contributed by atoms with Gasteiger partial charge in [-0.1, -0.05) is 6.07 Å². The van der Waals surface area contributed by atoms with Gasteiger partial charge in [0, 0.05) is 24.4 Å². The third kappa shape index (κ3) is 4.22. The summed E-state index contributed by atoms with van der Waals surface area (Å²) in [5.74, 6) is -0.878. The number of aryl methyl sites for hydroxylation is 1. The van der Waals surface area contributed by atoms with Crippen molar-refractivity contribution >= 4 is 11.9 Å². The van der Waals surface area contributed by atoms with E-state index in [1.807, 2.05) is 6.92 Å². The minimum atomic E-state index is -0.645. The van der Waals surface area contributed by atoms with Crippen molar-refractivity contribution in [2.45, 2.75) is 26.4 Å². The topological polar surface area (TPSA) is 65.5 Å². The van der Waals surface area contributed by atoms with Gasteiger partial charge in [0.2, 0.25) is 0 Å². The molecule has 0 bridgehead atoms. The Bertz CT molecular complexity index is 399. The molecule has 1 unspecified atom stereocenters. The molecule has 0 N–H and O–H groups in total. The first-order valence-corrected chi connectivity index (χ1v) is 5.19. The molecule has 1 heterocycles. The Hall–Kier alpha value is -1.91. The predicted octanol–water partition coefficient (Wildman–Crippen LogP) is 1.56. The zero-order chi connectivity index (χ0) is 12.8. The van der Waals surface area contributed by atoms with Crippen LogP contribution in [0.2, 0.25) is 0 Å². The molecule has 0 aromatic carbocycles. The van der Waals surface area contributed by atoms with E-state index >= 15 is 0 Å². The first kappa shape index (κ1) is 13.2. The first-order chi connectivity index (χ1) is 8.02. The third-order valence-electron chi connectivity index (χ3n) is 2.19. The van der Waals surface area contributed by atoms with E-state index in [9.17, 15) is 9.59 Å². The Morgan fingerprint density at radius 1 is 1.41 bits per heavy atom. The van der Waals surface area contributed by atoms with E-state index in [4.69, 9.17) is 4.74 Å². The molecular formula is C12H15NO4. The molecule has 17 heavy (non-hydrogen) atoms. The molecule has 92 valence electrons. The molecule has 0 amide bonds. The molecule has 5 heteroatoms. The highest BCUT2D eigenvalue weighted by Crippen LogP contribution is 2.21. The zero-order valence-corrected chi connectivity index (χ0v) is 10.1. The number of carbonyl (C=O) groups excluding carboxylic acids is 2. The summed E-state index contributed by atoms with van der Waals surface area (Å²) in [5, 5.41) is 0. The highest BCUT2D eigenvalue weighted by atomic mass is 16.6. The van der Waals surface area contributed by atoms with Gasteiger partial charge in [0.05, 0.1) is 13.5 Å². The van der Waals surface area contributed by atoms with Gasteiger partial charge >= 0.3 is 11.9 Å². The van der Waals surface area contributed by atoms with Gasteiger partial charge in [-0.3, -0.25) is 14.6 Å². The zero-order valence-electron chi connectivity index (χ0n) is 10.1. The van der Waals surface area contributed by atoms with Crippen LogP contribution < -0.4 is 0 Å². The summed E-state index contributed by atoms with van der Waals surface area (Å²) in [6.45, 7) is 3.15. The summed E-state index contributed by atoms with van der Waals surface area (Å²) >= 11 is 0. The van der Waals surface area contributed by atoms with E-state index in [0.29, 0.717) is 5.56 Å². The average molecular weight is 237 g/mol. The van der Waals surface area contributed by atoms with Gasteiger partial charge in [-0.05, 0) is 13.0 Å². The minimum absolute atomic E-state index is 0.0131.